The first-order valence-electron chi connectivity index (χ1n) is 4.43. The van der Waals surface area contributed by atoms with Gasteiger partial charge < -0.3 is 5.32 Å². The molecule has 0 saturated carbocycles. The fourth-order valence-electron chi connectivity index (χ4n) is 0.902. The maximum atomic E-state index is 11.2. The highest BCUT2D eigenvalue weighted by atomic mass is 16.2. The van der Waals surface area contributed by atoms with Crippen LogP contribution in [0, 0.1) is 23.7 Å². The molecule has 0 saturated heterocycles. The first-order valence-corrected chi connectivity index (χ1v) is 4.43. The molecule has 0 rings (SSSR count). The Kier molecular flexibility index (Phi) is 6.19. The molecule has 0 fully saturated rings. The number of hydrogen-bond acceptors (Lipinski definition) is 3. The molecule has 76 valence electrons. The standard InChI is InChI=1S/C10H15N3O/c1-4-6-12-10(14)8-13(7-5-11)9(2)3/h1,9H,6-8H2,2-3H3,(H,12,14). The van der Waals surface area contributed by atoms with Crippen LogP contribution in [0.15, 0.2) is 0 Å². The number of rotatable bonds is 5. The van der Waals surface area contributed by atoms with Gasteiger partial charge in [-0.2, -0.15) is 5.26 Å². The molecule has 0 aliphatic carbocycles. The predicted molar refractivity (Wildman–Crippen MR) is 54.2 cm³/mol. The van der Waals surface area contributed by atoms with Gasteiger partial charge in [0.05, 0.1) is 25.7 Å². The van der Waals surface area contributed by atoms with Gasteiger partial charge >= 0.3 is 0 Å². The van der Waals surface area contributed by atoms with Gasteiger partial charge in [0.25, 0.3) is 0 Å². The third kappa shape index (κ3) is 5.18. The third-order valence-electron chi connectivity index (χ3n) is 1.74. The van der Waals surface area contributed by atoms with Gasteiger partial charge in [-0.05, 0) is 13.8 Å². The molecule has 0 radical (unpaired) electrons. The van der Waals surface area contributed by atoms with E-state index in [-0.39, 0.29) is 31.6 Å². The summed E-state index contributed by atoms with van der Waals surface area (Å²) in [7, 11) is 0. The van der Waals surface area contributed by atoms with Gasteiger partial charge in [-0.1, -0.05) is 5.92 Å². The van der Waals surface area contributed by atoms with Gasteiger partial charge in [0, 0.05) is 6.04 Å². The third-order valence-corrected chi connectivity index (χ3v) is 1.74. The van der Waals surface area contributed by atoms with Crippen LogP contribution < -0.4 is 5.32 Å². The highest BCUT2D eigenvalue weighted by molar-refractivity contribution is 5.78. The maximum absolute atomic E-state index is 11.2. The normalized spacial score (nSPS) is 9.57. The minimum absolute atomic E-state index is 0.146. The van der Waals surface area contributed by atoms with Crippen LogP contribution in [0.2, 0.25) is 0 Å². The lowest BCUT2D eigenvalue weighted by Gasteiger charge is -2.22. The second-order valence-electron chi connectivity index (χ2n) is 3.14. The number of carbonyl (C=O) groups excluding carboxylic acids is 1. The van der Waals surface area contributed by atoms with Gasteiger partial charge in [0.15, 0.2) is 0 Å². The Morgan fingerprint density at radius 3 is 2.71 bits per heavy atom. The SMILES string of the molecule is C#CCNC(=O)CN(CC#N)C(C)C. The summed E-state index contributed by atoms with van der Waals surface area (Å²) in [5.41, 5.74) is 0. The van der Waals surface area contributed by atoms with Crippen molar-refractivity contribution in [3.05, 3.63) is 0 Å². The lowest BCUT2D eigenvalue weighted by Crippen LogP contribution is -2.41. The summed E-state index contributed by atoms with van der Waals surface area (Å²) in [4.78, 5) is 13.0. The minimum atomic E-state index is -0.146. The van der Waals surface area contributed by atoms with Crippen molar-refractivity contribution in [3.63, 3.8) is 0 Å². The van der Waals surface area contributed by atoms with E-state index < -0.39 is 0 Å². The van der Waals surface area contributed by atoms with E-state index in [4.69, 9.17) is 11.7 Å². The average Bonchev–Trinajstić information content (AvgIpc) is 2.14. The topological polar surface area (TPSA) is 56.1 Å². The number of nitriles is 1. The molecule has 14 heavy (non-hydrogen) atoms. The molecule has 0 aliphatic rings. The van der Waals surface area contributed by atoms with Gasteiger partial charge in [-0.25, -0.2) is 0 Å². The number of nitrogens with zero attached hydrogens (tertiary/aromatic N) is 2. The second kappa shape index (κ2) is 6.94. The van der Waals surface area contributed by atoms with E-state index in [1.165, 1.54) is 0 Å². The first-order chi connectivity index (χ1) is 6.61. The predicted octanol–water partition coefficient (Wildman–Crippen LogP) is -0.0302. The average molecular weight is 193 g/mol. The zero-order chi connectivity index (χ0) is 11.0. The van der Waals surface area contributed by atoms with Crippen LogP contribution in [-0.2, 0) is 4.79 Å². The number of carbonyl (C=O) groups is 1. The van der Waals surface area contributed by atoms with E-state index in [2.05, 4.69) is 11.2 Å². The molecule has 0 aromatic rings. The Bertz CT molecular complexity index is 260. The lowest BCUT2D eigenvalue weighted by atomic mass is 10.3. The van der Waals surface area contributed by atoms with Crippen molar-refractivity contribution < 1.29 is 4.79 Å². The maximum Gasteiger partial charge on any atom is 0.234 e. The molecule has 0 unspecified atom stereocenters. The molecule has 1 N–H and O–H groups in total. The number of amides is 1. The Hall–Kier alpha value is -1.52. The Morgan fingerprint density at radius 1 is 1.64 bits per heavy atom. The molecule has 0 atom stereocenters. The summed E-state index contributed by atoms with van der Waals surface area (Å²) in [5, 5.41) is 11.1. The van der Waals surface area contributed by atoms with E-state index >= 15 is 0 Å². The van der Waals surface area contributed by atoms with Crippen molar-refractivity contribution >= 4 is 5.91 Å². The highest BCUT2D eigenvalue weighted by Gasteiger charge is 2.12. The summed E-state index contributed by atoms with van der Waals surface area (Å²) >= 11 is 0. The van der Waals surface area contributed by atoms with E-state index in [1.807, 2.05) is 19.9 Å². The van der Waals surface area contributed by atoms with E-state index in [1.54, 1.807) is 4.90 Å². The van der Waals surface area contributed by atoms with Crippen LogP contribution in [0.25, 0.3) is 0 Å². The lowest BCUT2D eigenvalue weighted by molar-refractivity contribution is -0.122. The van der Waals surface area contributed by atoms with Crippen molar-refractivity contribution in [3.8, 4) is 18.4 Å². The Balaban J connectivity index is 3.99. The largest absolute Gasteiger partial charge is 0.344 e. The van der Waals surface area contributed by atoms with Gasteiger partial charge in [-0.3, -0.25) is 9.69 Å². The summed E-state index contributed by atoms with van der Waals surface area (Å²) in [6, 6.07) is 2.19. The van der Waals surface area contributed by atoms with E-state index in [0.717, 1.165) is 0 Å². The van der Waals surface area contributed by atoms with Crippen LogP contribution in [0.5, 0.6) is 0 Å². The zero-order valence-corrected chi connectivity index (χ0v) is 8.58. The minimum Gasteiger partial charge on any atom is -0.344 e. The molecule has 1 amide bonds. The Morgan fingerprint density at radius 2 is 2.29 bits per heavy atom. The number of terminal acetylenes is 1. The second-order valence-corrected chi connectivity index (χ2v) is 3.14. The van der Waals surface area contributed by atoms with E-state index in [0.29, 0.717) is 0 Å². The van der Waals surface area contributed by atoms with Crippen molar-refractivity contribution in [2.75, 3.05) is 19.6 Å². The monoisotopic (exact) mass is 193 g/mol. The number of nitrogens with one attached hydrogen (secondary N) is 1. The summed E-state index contributed by atoms with van der Waals surface area (Å²) in [5.74, 6) is 2.17. The molecular formula is C10H15N3O. The molecule has 0 aromatic carbocycles. The molecule has 0 bridgehead atoms. The Labute approximate surface area is 84.9 Å². The van der Waals surface area contributed by atoms with Gasteiger partial charge in [-0.15, -0.1) is 6.42 Å². The molecule has 0 aromatic heterocycles. The summed E-state index contributed by atoms with van der Waals surface area (Å²) in [6.07, 6.45) is 5.00. The smallest absolute Gasteiger partial charge is 0.234 e. The fourth-order valence-corrected chi connectivity index (χ4v) is 0.902. The van der Waals surface area contributed by atoms with Gasteiger partial charge in [0.1, 0.15) is 0 Å². The fraction of sp³-hybridized carbons (Fsp3) is 0.600. The zero-order valence-electron chi connectivity index (χ0n) is 8.58. The van der Waals surface area contributed by atoms with Gasteiger partial charge in [0.2, 0.25) is 5.91 Å². The molecular weight excluding hydrogens is 178 g/mol. The highest BCUT2D eigenvalue weighted by Crippen LogP contribution is 1.95. The van der Waals surface area contributed by atoms with Crippen LogP contribution in [-0.4, -0.2) is 36.5 Å². The van der Waals surface area contributed by atoms with Crippen LogP contribution in [0.3, 0.4) is 0 Å². The summed E-state index contributed by atoms with van der Waals surface area (Å²) < 4.78 is 0. The number of hydrogen-bond donors (Lipinski definition) is 1. The van der Waals surface area contributed by atoms with Crippen LogP contribution >= 0.6 is 0 Å². The van der Waals surface area contributed by atoms with Crippen molar-refractivity contribution in [2.45, 2.75) is 19.9 Å². The molecule has 4 nitrogen and oxygen atoms in total. The van der Waals surface area contributed by atoms with Crippen molar-refractivity contribution in [1.29, 1.82) is 5.26 Å². The molecule has 0 spiro atoms. The quantitative estimate of drug-likeness (QED) is 0.493. The van der Waals surface area contributed by atoms with Crippen LogP contribution in [0.1, 0.15) is 13.8 Å². The molecule has 0 aliphatic heterocycles. The molecule has 0 heterocycles. The molecule has 4 heteroatoms. The first kappa shape index (κ1) is 12.5. The van der Waals surface area contributed by atoms with Crippen molar-refractivity contribution in [2.24, 2.45) is 0 Å². The van der Waals surface area contributed by atoms with Crippen LogP contribution in [0.4, 0.5) is 0 Å². The van der Waals surface area contributed by atoms with E-state index in [9.17, 15) is 4.79 Å². The summed E-state index contributed by atoms with van der Waals surface area (Å²) in [6.45, 7) is 4.57. The van der Waals surface area contributed by atoms with Crippen molar-refractivity contribution in [1.82, 2.24) is 10.2 Å².